The largest absolute Gasteiger partial charge is 0.299 e. The number of hydrogen-bond donors (Lipinski definition) is 0. The van der Waals surface area contributed by atoms with E-state index < -0.39 is 0 Å². The van der Waals surface area contributed by atoms with E-state index in [9.17, 15) is 4.79 Å². The maximum absolute atomic E-state index is 11.9. The molecule has 0 radical (unpaired) electrons. The summed E-state index contributed by atoms with van der Waals surface area (Å²) >= 11 is 0. The van der Waals surface area contributed by atoms with Crippen LogP contribution in [0.4, 0.5) is 0 Å². The van der Waals surface area contributed by atoms with Gasteiger partial charge < -0.3 is 0 Å². The smallest absolute Gasteiger partial charge is 0.143 e. The van der Waals surface area contributed by atoms with Crippen LogP contribution in [0, 0.1) is 28.6 Å². The first-order valence-corrected chi connectivity index (χ1v) is 7.08. The van der Waals surface area contributed by atoms with Gasteiger partial charge in [0.15, 0.2) is 0 Å². The maximum atomic E-state index is 11.9. The zero-order valence-corrected chi connectivity index (χ0v) is 11.4. The number of carbonyl (C=O) groups is 1. The third kappa shape index (κ3) is 1.47. The van der Waals surface area contributed by atoms with E-state index in [0.29, 0.717) is 17.1 Å². The molecule has 94 valence electrons. The Balaban J connectivity index is 1.81. The van der Waals surface area contributed by atoms with Crippen LogP contribution in [0.5, 0.6) is 0 Å². The van der Waals surface area contributed by atoms with Crippen LogP contribution in [0.3, 0.4) is 0 Å². The molecule has 0 aromatic heterocycles. The number of Topliss-reactive ketones (excluding diaryl/α,β-unsaturated/α-hetero) is 1. The van der Waals surface area contributed by atoms with Crippen molar-refractivity contribution in [1.29, 1.82) is 0 Å². The Kier molecular flexibility index (Phi) is 2.19. The minimum absolute atomic E-state index is 0.0425. The van der Waals surface area contributed by atoms with E-state index in [4.69, 9.17) is 0 Å². The van der Waals surface area contributed by atoms with E-state index in [2.05, 4.69) is 27.4 Å². The van der Waals surface area contributed by atoms with Crippen LogP contribution in [-0.2, 0) is 4.79 Å². The zero-order chi connectivity index (χ0) is 12.4. The highest BCUT2D eigenvalue weighted by Crippen LogP contribution is 2.62. The van der Waals surface area contributed by atoms with E-state index in [-0.39, 0.29) is 5.41 Å². The molecule has 4 atom stereocenters. The molecule has 0 aromatic carbocycles. The van der Waals surface area contributed by atoms with Crippen molar-refractivity contribution in [3.8, 4) is 0 Å². The molecule has 0 N–H and O–H groups in total. The van der Waals surface area contributed by atoms with Crippen molar-refractivity contribution < 1.29 is 4.79 Å². The maximum Gasteiger partial charge on any atom is 0.143 e. The Bertz CT molecular complexity index is 392. The van der Waals surface area contributed by atoms with Crippen molar-refractivity contribution in [3.63, 3.8) is 0 Å². The van der Waals surface area contributed by atoms with Crippen LogP contribution in [-0.4, -0.2) is 5.78 Å². The summed E-state index contributed by atoms with van der Waals surface area (Å²) in [4.78, 5) is 11.9. The Hall–Kier alpha value is -0.590. The normalized spacial score (nSPS) is 48.1. The van der Waals surface area contributed by atoms with Crippen molar-refractivity contribution in [2.45, 2.75) is 52.9 Å². The molecular weight excluding hydrogens is 208 g/mol. The van der Waals surface area contributed by atoms with Gasteiger partial charge in [-0.25, -0.2) is 0 Å². The first-order chi connectivity index (χ1) is 7.86. The van der Waals surface area contributed by atoms with Gasteiger partial charge in [0.25, 0.3) is 0 Å². The number of carbonyl (C=O) groups excluding carboxylic acids is 1. The molecule has 3 rings (SSSR count). The minimum atomic E-state index is 0.0425. The molecule has 0 amide bonds. The first kappa shape index (κ1) is 11.5. The van der Waals surface area contributed by atoms with Crippen LogP contribution < -0.4 is 0 Å². The van der Waals surface area contributed by atoms with Gasteiger partial charge in [-0.1, -0.05) is 32.9 Å². The van der Waals surface area contributed by atoms with E-state index in [0.717, 1.165) is 31.1 Å². The number of fused-ring (bicyclic) bond motifs is 2. The predicted octanol–water partition coefficient (Wildman–Crippen LogP) is 3.98. The Morgan fingerprint density at radius 1 is 1.24 bits per heavy atom. The highest BCUT2D eigenvalue weighted by molar-refractivity contribution is 6.03. The van der Waals surface area contributed by atoms with Gasteiger partial charge in [-0.2, -0.15) is 0 Å². The lowest BCUT2D eigenvalue weighted by molar-refractivity contribution is -0.113. The fourth-order valence-corrected chi connectivity index (χ4v) is 4.51. The molecule has 0 aliphatic heterocycles. The summed E-state index contributed by atoms with van der Waals surface area (Å²) in [6.07, 6.45) is 5.82. The average molecular weight is 232 g/mol. The summed E-state index contributed by atoms with van der Waals surface area (Å²) in [6.45, 7) is 11.3. The quantitative estimate of drug-likeness (QED) is 0.577. The first-order valence-electron chi connectivity index (χ1n) is 7.08. The van der Waals surface area contributed by atoms with Crippen molar-refractivity contribution >= 4 is 5.78 Å². The summed E-state index contributed by atoms with van der Waals surface area (Å²) in [7, 11) is 0. The fourth-order valence-electron chi connectivity index (χ4n) is 4.51. The molecule has 3 fully saturated rings. The zero-order valence-electron chi connectivity index (χ0n) is 11.4. The molecule has 0 bridgehead atoms. The topological polar surface area (TPSA) is 17.1 Å². The van der Waals surface area contributed by atoms with Gasteiger partial charge >= 0.3 is 0 Å². The Morgan fingerprint density at radius 2 is 1.94 bits per heavy atom. The van der Waals surface area contributed by atoms with Crippen molar-refractivity contribution in [2.24, 2.45) is 28.6 Å². The monoisotopic (exact) mass is 232 g/mol. The second kappa shape index (κ2) is 3.24. The summed E-state index contributed by atoms with van der Waals surface area (Å²) in [5, 5.41) is 0. The third-order valence-corrected chi connectivity index (χ3v) is 6.05. The van der Waals surface area contributed by atoms with Crippen LogP contribution in [0.15, 0.2) is 12.2 Å². The van der Waals surface area contributed by atoms with Crippen LogP contribution in [0.2, 0.25) is 0 Å². The summed E-state index contributed by atoms with van der Waals surface area (Å²) in [5.74, 6) is 2.42. The van der Waals surface area contributed by atoms with Crippen molar-refractivity contribution in [2.75, 3.05) is 0 Å². The molecule has 0 unspecified atom stereocenters. The van der Waals surface area contributed by atoms with E-state index in [1.807, 2.05) is 0 Å². The summed E-state index contributed by atoms with van der Waals surface area (Å²) in [6, 6.07) is 0. The predicted molar refractivity (Wildman–Crippen MR) is 69.6 cm³/mol. The van der Waals surface area contributed by atoms with Gasteiger partial charge in [0.05, 0.1) is 0 Å². The number of rotatable bonds is 0. The standard InChI is InChI=1S/C16H24O/c1-10-5-6-13-14(17)16(13,4)8-7-12-11(10)9-15(12,2)3/h11-13H,1,5-9H2,2-4H3/t11-,12-,13+,16-/m1/s1. The van der Waals surface area contributed by atoms with E-state index in [1.165, 1.54) is 18.4 Å². The second-order valence-corrected chi connectivity index (χ2v) is 7.48. The molecule has 0 saturated heterocycles. The molecular formula is C16H24O. The van der Waals surface area contributed by atoms with Gasteiger partial charge in [-0.05, 0) is 49.4 Å². The van der Waals surface area contributed by atoms with Gasteiger partial charge in [-0.3, -0.25) is 4.79 Å². The molecule has 17 heavy (non-hydrogen) atoms. The Morgan fingerprint density at radius 3 is 2.59 bits per heavy atom. The van der Waals surface area contributed by atoms with Gasteiger partial charge in [-0.15, -0.1) is 0 Å². The lowest BCUT2D eigenvalue weighted by Crippen LogP contribution is -2.44. The molecule has 3 aliphatic rings. The third-order valence-electron chi connectivity index (χ3n) is 6.05. The molecule has 0 aromatic rings. The lowest BCUT2D eigenvalue weighted by atomic mass is 9.52. The summed E-state index contributed by atoms with van der Waals surface area (Å²) in [5.41, 5.74) is 1.95. The molecule has 3 aliphatic carbocycles. The SMILES string of the molecule is C=C1CC[C@H]2C(=O)[C@]2(C)CC[C@@H]2[C@@H]1CC2(C)C. The second-order valence-electron chi connectivity index (χ2n) is 7.48. The van der Waals surface area contributed by atoms with E-state index >= 15 is 0 Å². The number of ketones is 1. The van der Waals surface area contributed by atoms with Crippen LogP contribution >= 0.6 is 0 Å². The molecule has 3 saturated carbocycles. The molecule has 0 heterocycles. The van der Waals surface area contributed by atoms with E-state index in [1.54, 1.807) is 0 Å². The van der Waals surface area contributed by atoms with Gasteiger partial charge in [0, 0.05) is 11.3 Å². The van der Waals surface area contributed by atoms with Crippen LogP contribution in [0.1, 0.15) is 52.9 Å². The van der Waals surface area contributed by atoms with Crippen LogP contribution in [0.25, 0.3) is 0 Å². The van der Waals surface area contributed by atoms with Gasteiger partial charge in [0.2, 0.25) is 0 Å². The molecule has 1 heteroatoms. The highest BCUT2D eigenvalue weighted by atomic mass is 16.1. The highest BCUT2D eigenvalue weighted by Gasteiger charge is 2.61. The fraction of sp³-hybridized carbons (Fsp3) is 0.812. The molecule has 1 nitrogen and oxygen atoms in total. The Labute approximate surface area is 105 Å². The summed E-state index contributed by atoms with van der Waals surface area (Å²) < 4.78 is 0. The number of hydrogen-bond acceptors (Lipinski definition) is 1. The van der Waals surface area contributed by atoms with Crippen molar-refractivity contribution in [1.82, 2.24) is 0 Å². The van der Waals surface area contributed by atoms with Crippen molar-refractivity contribution in [3.05, 3.63) is 12.2 Å². The lowest BCUT2D eigenvalue weighted by Gasteiger charge is -2.53. The van der Waals surface area contributed by atoms with Gasteiger partial charge in [0.1, 0.15) is 5.78 Å². The number of allylic oxidation sites excluding steroid dienone is 1. The average Bonchev–Trinajstić information content (AvgIpc) is 2.72. The molecule has 0 spiro atoms. The minimum Gasteiger partial charge on any atom is -0.299 e.